The molecule has 3 rings (SSSR count). The Hall–Kier alpha value is -1.47. The van der Waals surface area contributed by atoms with Gasteiger partial charge in [0.05, 0.1) is 6.54 Å². The average Bonchev–Trinajstić information content (AvgIpc) is 2.94. The highest BCUT2D eigenvalue weighted by Crippen LogP contribution is 2.21. The number of anilines is 1. The second-order valence-corrected chi connectivity index (χ2v) is 5.71. The van der Waals surface area contributed by atoms with Gasteiger partial charge < -0.3 is 5.32 Å². The first-order valence-electron chi connectivity index (χ1n) is 5.37. The topological polar surface area (TPSA) is 55.1 Å². The van der Waals surface area contributed by atoms with Crippen molar-refractivity contribution in [1.29, 1.82) is 0 Å². The quantitative estimate of drug-likeness (QED) is 0.805. The van der Waals surface area contributed by atoms with Crippen LogP contribution >= 0.6 is 27.3 Å². The second kappa shape index (κ2) is 4.66. The molecule has 0 amide bonds. The summed E-state index contributed by atoms with van der Waals surface area (Å²) in [5, 5.41) is 13.5. The first kappa shape index (κ1) is 11.6. The van der Waals surface area contributed by atoms with Gasteiger partial charge in [-0.3, -0.25) is 4.40 Å². The molecule has 0 radical (unpaired) electrons. The Morgan fingerprint density at radius 2 is 2.33 bits per heavy atom. The Kier molecular flexibility index (Phi) is 3.00. The maximum Gasteiger partial charge on any atom is 0.203 e. The van der Waals surface area contributed by atoms with Gasteiger partial charge in [-0.15, -0.1) is 21.5 Å². The van der Waals surface area contributed by atoms with Crippen molar-refractivity contribution in [2.24, 2.45) is 0 Å². The zero-order valence-electron chi connectivity index (χ0n) is 9.59. The van der Waals surface area contributed by atoms with Crippen molar-refractivity contribution in [3.05, 3.63) is 39.0 Å². The Labute approximate surface area is 116 Å². The molecule has 3 aromatic rings. The lowest BCUT2D eigenvalue weighted by Gasteiger charge is -2.04. The van der Waals surface area contributed by atoms with Gasteiger partial charge in [-0.2, -0.15) is 0 Å². The minimum absolute atomic E-state index is 0.731. The molecule has 92 valence electrons. The predicted octanol–water partition coefficient (Wildman–Crippen LogP) is 2.87. The van der Waals surface area contributed by atoms with Crippen molar-refractivity contribution >= 4 is 38.7 Å². The summed E-state index contributed by atoms with van der Waals surface area (Å²) in [6.45, 7) is 2.65. The van der Waals surface area contributed by atoms with Gasteiger partial charge in [0.15, 0.2) is 5.82 Å². The number of nitrogens with zero attached hydrogens (tertiary/aromatic N) is 4. The Morgan fingerprint density at radius 3 is 3.11 bits per heavy atom. The fraction of sp³-hybridized carbons (Fsp3) is 0.182. The van der Waals surface area contributed by atoms with Gasteiger partial charge in [-0.1, -0.05) is 0 Å². The highest BCUT2D eigenvalue weighted by atomic mass is 79.9. The molecule has 0 atom stereocenters. The average molecular weight is 324 g/mol. The monoisotopic (exact) mass is 323 g/mol. The van der Waals surface area contributed by atoms with Crippen LogP contribution in [0.1, 0.15) is 10.7 Å². The van der Waals surface area contributed by atoms with Gasteiger partial charge in [0, 0.05) is 27.1 Å². The Bertz CT molecular complexity index is 690. The predicted molar refractivity (Wildman–Crippen MR) is 74.9 cm³/mol. The van der Waals surface area contributed by atoms with Crippen LogP contribution < -0.4 is 5.32 Å². The van der Waals surface area contributed by atoms with E-state index in [0.717, 1.165) is 28.3 Å². The summed E-state index contributed by atoms with van der Waals surface area (Å²) in [6.07, 6.45) is 3.60. The third-order valence-corrected chi connectivity index (χ3v) is 4.25. The van der Waals surface area contributed by atoms with Gasteiger partial charge in [0.1, 0.15) is 5.82 Å². The number of hydrogen-bond donors (Lipinski definition) is 1. The molecule has 0 saturated heterocycles. The fourth-order valence-electron chi connectivity index (χ4n) is 1.68. The summed E-state index contributed by atoms with van der Waals surface area (Å²) in [4.78, 5) is 5.54. The first-order valence-corrected chi connectivity index (χ1v) is 7.04. The van der Waals surface area contributed by atoms with E-state index < -0.39 is 0 Å². The van der Waals surface area contributed by atoms with E-state index in [1.807, 2.05) is 17.5 Å². The van der Waals surface area contributed by atoms with E-state index >= 15 is 0 Å². The zero-order valence-corrected chi connectivity index (χ0v) is 12.0. The van der Waals surface area contributed by atoms with E-state index in [9.17, 15) is 0 Å². The van der Waals surface area contributed by atoms with Crippen LogP contribution in [-0.2, 0) is 6.54 Å². The van der Waals surface area contributed by atoms with Crippen LogP contribution in [0.4, 0.5) is 5.82 Å². The lowest BCUT2D eigenvalue weighted by atomic mass is 10.4. The number of aryl methyl sites for hydroxylation is 1. The van der Waals surface area contributed by atoms with Crippen molar-refractivity contribution in [3.8, 4) is 0 Å². The number of rotatable bonds is 3. The van der Waals surface area contributed by atoms with Crippen LogP contribution in [0.25, 0.3) is 5.65 Å². The fourth-order valence-corrected chi connectivity index (χ4v) is 3.07. The molecule has 0 saturated carbocycles. The van der Waals surface area contributed by atoms with Gasteiger partial charge >= 0.3 is 0 Å². The second-order valence-electron chi connectivity index (χ2n) is 3.80. The number of thiophene rings is 1. The molecule has 0 spiro atoms. The van der Waals surface area contributed by atoms with Crippen molar-refractivity contribution < 1.29 is 0 Å². The lowest BCUT2D eigenvalue weighted by molar-refractivity contribution is 1.00. The highest BCUT2D eigenvalue weighted by molar-refractivity contribution is 9.10. The third kappa shape index (κ3) is 2.11. The molecule has 0 aliphatic heterocycles. The summed E-state index contributed by atoms with van der Waals surface area (Å²) in [5.41, 5.74) is 0.755. The van der Waals surface area contributed by atoms with Crippen LogP contribution in [0.15, 0.2) is 28.3 Å². The molecule has 3 aromatic heterocycles. The summed E-state index contributed by atoms with van der Waals surface area (Å²) >= 11 is 5.14. The molecule has 1 N–H and O–H groups in total. The van der Waals surface area contributed by atoms with Crippen LogP contribution in [0.3, 0.4) is 0 Å². The normalized spacial score (nSPS) is 11.0. The molecule has 5 nitrogen and oxygen atoms in total. The number of nitrogens with one attached hydrogen (secondary N) is 1. The van der Waals surface area contributed by atoms with Gasteiger partial charge in [0.2, 0.25) is 5.65 Å². The molecule has 0 fully saturated rings. The molecular formula is C11H10BrN5S. The van der Waals surface area contributed by atoms with Crippen LogP contribution in [0, 0.1) is 6.92 Å². The highest BCUT2D eigenvalue weighted by Gasteiger charge is 2.07. The van der Waals surface area contributed by atoms with E-state index in [-0.39, 0.29) is 0 Å². The number of hydrogen-bond acceptors (Lipinski definition) is 5. The van der Waals surface area contributed by atoms with E-state index in [1.54, 1.807) is 17.5 Å². The van der Waals surface area contributed by atoms with Crippen molar-refractivity contribution in [2.45, 2.75) is 13.5 Å². The van der Waals surface area contributed by atoms with Crippen LogP contribution in [-0.4, -0.2) is 19.6 Å². The molecule has 0 unspecified atom stereocenters. The molecule has 0 aliphatic carbocycles. The molecule has 0 aromatic carbocycles. The van der Waals surface area contributed by atoms with Crippen LogP contribution in [0.5, 0.6) is 0 Å². The van der Waals surface area contributed by atoms with E-state index in [1.165, 1.54) is 4.88 Å². The summed E-state index contributed by atoms with van der Waals surface area (Å²) in [6, 6.07) is 2.09. The summed E-state index contributed by atoms with van der Waals surface area (Å²) in [7, 11) is 0. The van der Waals surface area contributed by atoms with Crippen LogP contribution in [0.2, 0.25) is 0 Å². The SMILES string of the molecule is Cc1nnc2c(NCc3cc(Br)cs3)nccn12. The number of aromatic nitrogens is 4. The molecule has 3 heterocycles. The van der Waals surface area contributed by atoms with Gasteiger partial charge in [0.25, 0.3) is 0 Å². The molecule has 7 heteroatoms. The minimum Gasteiger partial charge on any atom is -0.362 e. The smallest absolute Gasteiger partial charge is 0.203 e. The molecule has 18 heavy (non-hydrogen) atoms. The van der Waals surface area contributed by atoms with E-state index in [0.29, 0.717) is 0 Å². The number of halogens is 1. The third-order valence-electron chi connectivity index (χ3n) is 2.55. The number of fused-ring (bicyclic) bond motifs is 1. The first-order chi connectivity index (χ1) is 8.74. The van der Waals surface area contributed by atoms with Gasteiger partial charge in [-0.05, 0) is 28.9 Å². The summed E-state index contributed by atoms with van der Waals surface area (Å²) in [5.74, 6) is 1.61. The van der Waals surface area contributed by atoms with Gasteiger partial charge in [-0.25, -0.2) is 4.98 Å². The summed E-state index contributed by atoms with van der Waals surface area (Å²) < 4.78 is 3.02. The maximum atomic E-state index is 4.30. The molecular weight excluding hydrogens is 314 g/mol. The maximum absolute atomic E-state index is 4.30. The molecule has 0 aliphatic rings. The minimum atomic E-state index is 0.731. The van der Waals surface area contributed by atoms with Crippen molar-refractivity contribution in [1.82, 2.24) is 19.6 Å². The zero-order chi connectivity index (χ0) is 12.5. The molecule has 0 bridgehead atoms. The Balaban J connectivity index is 1.86. The van der Waals surface area contributed by atoms with Crippen molar-refractivity contribution in [3.63, 3.8) is 0 Å². The van der Waals surface area contributed by atoms with E-state index in [4.69, 9.17) is 0 Å². The largest absolute Gasteiger partial charge is 0.362 e. The Morgan fingerprint density at radius 1 is 1.44 bits per heavy atom. The van der Waals surface area contributed by atoms with E-state index in [2.05, 4.69) is 47.9 Å². The standard InChI is InChI=1S/C11H10BrN5S/c1-7-15-16-11-10(13-2-3-17(7)11)14-5-9-4-8(12)6-18-9/h2-4,6H,5H2,1H3,(H,13,14). The lowest BCUT2D eigenvalue weighted by Crippen LogP contribution is -2.02. The van der Waals surface area contributed by atoms with Crippen molar-refractivity contribution in [2.75, 3.05) is 5.32 Å².